The van der Waals surface area contributed by atoms with Crippen LogP contribution in [-0.4, -0.2) is 20.8 Å². The van der Waals surface area contributed by atoms with E-state index in [1.807, 2.05) is 0 Å². The molecule has 0 heterocycles. The van der Waals surface area contributed by atoms with Crippen LogP contribution in [0.4, 0.5) is 0 Å². The summed E-state index contributed by atoms with van der Waals surface area (Å²) in [5, 5.41) is 9.71. The number of alkyl halides is 2. The number of rotatable bonds is 2. The van der Waals surface area contributed by atoms with Gasteiger partial charge in [-0.05, 0) is 6.08 Å². The summed E-state index contributed by atoms with van der Waals surface area (Å²) in [5.74, 6) is -0.426. The summed E-state index contributed by atoms with van der Waals surface area (Å²) in [7, 11) is 0. The van der Waals surface area contributed by atoms with Crippen molar-refractivity contribution in [3.8, 4) is 0 Å². The number of hydrogen-bond donors (Lipinski definition) is 1. The Bertz CT molecular complexity index is 247. The summed E-state index contributed by atoms with van der Waals surface area (Å²) in [6.07, 6.45) is 6.88. The van der Waals surface area contributed by atoms with E-state index >= 15 is 0 Å². The van der Waals surface area contributed by atoms with Gasteiger partial charge in [0.05, 0.1) is 0 Å². The standard InChI is InChI=1S/C8H8BrClO2/c9-7(10)6(11)8(12)4-2-1-3-5-8/h1-4,7,12H,5H2/t7-,8+/m0/s1. The maximum absolute atomic E-state index is 11.3. The zero-order valence-corrected chi connectivity index (χ0v) is 8.55. The first-order valence-electron chi connectivity index (χ1n) is 3.45. The fourth-order valence-electron chi connectivity index (χ4n) is 0.981. The van der Waals surface area contributed by atoms with Crippen LogP contribution in [0, 0.1) is 0 Å². The minimum atomic E-state index is -1.43. The fraction of sp³-hybridized carbons (Fsp3) is 0.375. The van der Waals surface area contributed by atoms with Gasteiger partial charge in [0.15, 0.2) is 5.78 Å². The molecule has 0 amide bonds. The Balaban J connectivity index is 2.79. The van der Waals surface area contributed by atoms with Gasteiger partial charge in [-0.2, -0.15) is 0 Å². The normalized spacial score (nSPS) is 30.2. The molecule has 0 saturated heterocycles. The molecule has 0 radical (unpaired) electrons. The Morgan fingerprint density at radius 1 is 1.67 bits per heavy atom. The minimum absolute atomic E-state index is 0.289. The molecule has 0 bridgehead atoms. The van der Waals surface area contributed by atoms with Crippen LogP contribution in [0.1, 0.15) is 6.42 Å². The summed E-state index contributed by atoms with van der Waals surface area (Å²) >= 11 is 8.41. The van der Waals surface area contributed by atoms with Crippen LogP contribution in [0.15, 0.2) is 24.3 Å². The number of carbonyl (C=O) groups excluding carboxylic acids is 1. The monoisotopic (exact) mass is 250 g/mol. The van der Waals surface area contributed by atoms with Crippen LogP contribution in [0.2, 0.25) is 0 Å². The van der Waals surface area contributed by atoms with Crippen molar-refractivity contribution in [3.63, 3.8) is 0 Å². The van der Waals surface area contributed by atoms with E-state index in [9.17, 15) is 9.90 Å². The molecule has 0 spiro atoms. The molecule has 1 rings (SSSR count). The molecule has 0 fully saturated rings. The van der Waals surface area contributed by atoms with Crippen molar-refractivity contribution in [2.45, 2.75) is 16.3 Å². The lowest BCUT2D eigenvalue weighted by Gasteiger charge is -2.23. The average Bonchev–Trinajstić information content (AvgIpc) is 2.04. The highest BCUT2D eigenvalue weighted by atomic mass is 79.9. The van der Waals surface area contributed by atoms with Crippen molar-refractivity contribution < 1.29 is 9.90 Å². The molecule has 1 aliphatic rings. The first-order chi connectivity index (χ1) is 5.56. The van der Waals surface area contributed by atoms with Crippen LogP contribution < -0.4 is 0 Å². The Kier molecular flexibility index (Phi) is 3.09. The topological polar surface area (TPSA) is 37.3 Å². The quantitative estimate of drug-likeness (QED) is 0.760. The van der Waals surface area contributed by atoms with Gasteiger partial charge in [-0.15, -0.1) is 11.6 Å². The maximum Gasteiger partial charge on any atom is 0.197 e. The smallest absolute Gasteiger partial charge is 0.197 e. The highest BCUT2D eigenvalue weighted by molar-refractivity contribution is 9.10. The fourth-order valence-corrected chi connectivity index (χ4v) is 1.57. The Morgan fingerprint density at radius 2 is 2.33 bits per heavy atom. The Morgan fingerprint density at radius 3 is 2.75 bits per heavy atom. The third-order valence-electron chi connectivity index (χ3n) is 1.67. The highest BCUT2D eigenvalue weighted by Gasteiger charge is 2.35. The SMILES string of the molecule is O=C([C@H](Cl)Br)[C@@]1(O)C=CC=CC1. The molecule has 4 heteroatoms. The number of Topliss-reactive ketones (excluding diaryl/α,β-unsaturated/α-hetero) is 1. The summed E-state index contributed by atoms with van der Waals surface area (Å²) in [6, 6.07) is 0. The predicted octanol–water partition coefficient (Wildman–Crippen LogP) is 1.76. The van der Waals surface area contributed by atoms with E-state index in [1.54, 1.807) is 18.2 Å². The lowest BCUT2D eigenvalue weighted by atomic mass is 9.92. The second-order valence-electron chi connectivity index (χ2n) is 2.58. The molecule has 2 atom stereocenters. The number of carbonyl (C=O) groups is 1. The summed E-state index contributed by atoms with van der Waals surface area (Å²) < 4.78 is -0.835. The van der Waals surface area contributed by atoms with Crippen molar-refractivity contribution in [1.82, 2.24) is 0 Å². The second-order valence-corrected chi connectivity index (χ2v) is 4.46. The van der Waals surface area contributed by atoms with Crippen LogP contribution in [0.3, 0.4) is 0 Å². The van der Waals surface area contributed by atoms with Crippen LogP contribution in [-0.2, 0) is 4.79 Å². The van der Waals surface area contributed by atoms with Gasteiger partial charge in [-0.25, -0.2) is 0 Å². The van der Waals surface area contributed by atoms with E-state index in [1.165, 1.54) is 6.08 Å². The van der Waals surface area contributed by atoms with Gasteiger partial charge in [-0.1, -0.05) is 34.2 Å². The van der Waals surface area contributed by atoms with Crippen molar-refractivity contribution >= 4 is 33.3 Å². The van der Waals surface area contributed by atoms with E-state index in [4.69, 9.17) is 11.6 Å². The van der Waals surface area contributed by atoms with Crippen LogP contribution in [0.5, 0.6) is 0 Å². The van der Waals surface area contributed by atoms with Gasteiger partial charge in [-0.3, -0.25) is 4.79 Å². The third kappa shape index (κ3) is 1.97. The van der Waals surface area contributed by atoms with Gasteiger partial charge >= 0.3 is 0 Å². The molecule has 0 unspecified atom stereocenters. The largest absolute Gasteiger partial charge is 0.377 e. The van der Waals surface area contributed by atoms with Gasteiger partial charge in [0.2, 0.25) is 0 Å². The van der Waals surface area contributed by atoms with Crippen molar-refractivity contribution in [2.75, 3.05) is 0 Å². The van der Waals surface area contributed by atoms with Crippen molar-refractivity contribution in [3.05, 3.63) is 24.3 Å². The average molecular weight is 252 g/mol. The molecule has 66 valence electrons. The molecular weight excluding hydrogens is 243 g/mol. The molecular formula is C8H8BrClO2. The first-order valence-corrected chi connectivity index (χ1v) is 4.81. The van der Waals surface area contributed by atoms with E-state index in [0.29, 0.717) is 0 Å². The molecule has 12 heavy (non-hydrogen) atoms. The number of allylic oxidation sites excluding steroid dienone is 2. The second kappa shape index (κ2) is 3.73. The molecule has 0 aliphatic heterocycles. The van der Waals surface area contributed by atoms with E-state index in [2.05, 4.69) is 15.9 Å². The lowest BCUT2D eigenvalue weighted by Crippen LogP contribution is -2.40. The molecule has 1 aliphatic carbocycles. The van der Waals surface area contributed by atoms with Crippen LogP contribution >= 0.6 is 27.5 Å². The number of halogens is 2. The van der Waals surface area contributed by atoms with E-state index in [0.717, 1.165) is 0 Å². The van der Waals surface area contributed by atoms with Gasteiger partial charge in [0.1, 0.15) is 9.89 Å². The zero-order chi connectivity index (χ0) is 9.19. The van der Waals surface area contributed by atoms with Crippen molar-refractivity contribution in [1.29, 1.82) is 0 Å². The van der Waals surface area contributed by atoms with Gasteiger partial charge < -0.3 is 5.11 Å². The molecule has 0 aromatic heterocycles. The third-order valence-corrected chi connectivity index (χ3v) is 2.29. The summed E-state index contributed by atoms with van der Waals surface area (Å²) in [4.78, 5) is 11.3. The molecule has 0 saturated carbocycles. The molecule has 0 aromatic carbocycles. The van der Waals surface area contributed by atoms with Gasteiger partial charge in [0.25, 0.3) is 0 Å². The highest BCUT2D eigenvalue weighted by Crippen LogP contribution is 2.24. The predicted molar refractivity (Wildman–Crippen MR) is 51.4 cm³/mol. The number of aliphatic hydroxyl groups is 1. The molecule has 1 N–H and O–H groups in total. The van der Waals surface area contributed by atoms with Crippen molar-refractivity contribution in [2.24, 2.45) is 0 Å². The lowest BCUT2D eigenvalue weighted by molar-refractivity contribution is -0.130. The number of ketones is 1. The summed E-state index contributed by atoms with van der Waals surface area (Å²) in [5.41, 5.74) is -1.43. The maximum atomic E-state index is 11.3. The van der Waals surface area contributed by atoms with E-state index in [-0.39, 0.29) is 6.42 Å². The molecule has 0 aromatic rings. The zero-order valence-electron chi connectivity index (χ0n) is 6.21. The minimum Gasteiger partial charge on any atom is -0.377 e. The van der Waals surface area contributed by atoms with Crippen LogP contribution in [0.25, 0.3) is 0 Å². The number of hydrogen-bond acceptors (Lipinski definition) is 2. The summed E-state index contributed by atoms with van der Waals surface area (Å²) in [6.45, 7) is 0. The molecule has 2 nitrogen and oxygen atoms in total. The van der Waals surface area contributed by atoms with Gasteiger partial charge in [0, 0.05) is 6.42 Å². The Labute approximate surface area is 84.0 Å². The van der Waals surface area contributed by atoms with E-state index < -0.39 is 15.7 Å². The first kappa shape index (κ1) is 9.96. The Hall–Kier alpha value is -0.120.